The fourth-order valence-electron chi connectivity index (χ4n) is 1.71. The molecule has 1 rings (SSSR count). The van der Waals surface area contributed by atoms with Crippen molar-refractivity contribution >= 4 is 11.8 Å². The van der Waals surface area contributed by atoms with E-state index in [1.54, 1.807) is 0 Å². The third-order valence-corrected chi connectivity index (χ3v) is 4.14. The summed E-state index contributed by atoms with van der Waals surface area (Å²) in [7, 11) is 0. The number of hydrogen-bond donors (Lipinski definition) is 1. The molecular formula is C15H23F2NS. The van der Waals surface area contributed by atoms with E-state index in [2.05, 4.69) is 13.8 Å². The average molecular weight is 287 g/mol. The van der Waals surface area contributed by atoms with Gasteiger partial charge in [-0.1, -0.05) is 20.8 Å². The first-order valence-electron chi connectivity index (χ1n) is 6.80. The van der Waals surface area contributed by atoms with E-state index in [9.17, 15) is 8.78 Å². The highest BCUT2D eigenvalue weighted by molar-refractivity contribution is 7.99. The highest BCUT2D eigenvalue weighted by Crippen LogP contribution is 2.28. The van der Waals surface area contributed by atoms with E-state index >= 15 is 0 Å². The van der Waals surface area contributed by atoms with Crippen molar-refractivity contribution in [2.24, 2.45) is 11.7 Å². The van der Waals surface area contributed by atoms with Crippen LogP contribution in [0.15, 0.2) is 17.0 Å². The molecular weight excluding hydrogens is 264 g/mol. The minimum atomic E-state index is -0.466. The van der Waals surface area contributed by atoms with Crippen molar-refractivity contribution in [3.8, 4) is 0 Å². The molecule has 108 valence electrons. The lowest BCUT2D eigenvalue weighted by Crippen LogP contribution is -2.21. The maximum atomic E-state index is 13.9. The third-order valence-electron chi connectivity index (χ3n) is 3.02. The Morgan fingerprint density at radius 2 is 1.79 bits per heavy atom. The zero-order valence-corrected chi connectivity index (χ0v) is 12.7. The molecule has 1 atom stereocenters. The Kier molecular flexibility index (Phi) is 6.80. The predicted molar refractivity (Wildman–Crippen MR) is 78.5 cm³/mol. The van der Waals surface area contributed by atoms with Crippen molar-refractivity contribution < 1.29 is 8.78 Å². The van der Waals surface area contributed by atoms with Crippen molar-refractivity contribution in [1.29, 1.82) is 0 Å². The van der Waals surface area contributed by atoms with Gasteiger partial charge in [-0.3, -0.25) is 0 Å². The van der Waals surface area contributed by atoms with Crippen LogP contribution in [0.5, 0.6) is 0 Å². The van der Waals surface area contributed by atoms with Crippen LogP contribution in [0.25, 0.3) is 0 Å². The van der Waals surface area contributed by atoms with E-state index in [0.29, 0.717) is 17.9 Å². The van der Waals surface area contributed by atoms with Crippen molar-refractivity contribution in [1.82, 2.24) is 0 Å². The monoisotopic (exact) mass is 287 g/mol. The van der Waals surface area contributed by atoms with Crippen molar-refractivity contribution in [3.63, 3.8) is 0 Å². The minimum Gasteiger partial charge on any atom is -0.327 e. The van der Waals surface area contributed by atoms with Gasteiger partial charge in [-0.05, 0) is 48.6 Å². The van der Waals surface area contributed by atoms with Gasteiger partial charge >= 0.3 is 0 Å². The third kappa shape index (κ3) is 5.49. The molecule has 0 saturated heterocycles. The summed E-state index contributed by atoms with van der Waals surface area (Å²) in [5, 5.41) is 0. The molecule has 0 heterocycles. The van der Waals surface area contributed by atoms with E-state index in [-0.39, 0.29) is 10.9 Å². The Morgan fingerprint density at radius 1 is 1.21 bits per heavy atom. The molecule has 19 heavy (non-hydrogen) atoms. The summed E-state index contributed by atoms with van der Waals surface area (Å²) in [5.41, 5.74) is 6.44. The Hall–Kier alpha value is -0.610. The van der Waals surface area contributed by atoms with Crippen LogP contribution < -0.4 is 5.73 Å². The lowest BCUT2D eigenvalue weighted by atomic mass is 10.0. The summed E-state index contributed by atoms with van der Waals surface area (Å²) < 4.78 is 27.8. The molecule has 0 aliphatic rings. The van der Waals surface area contributed by atoms with E-state index in [1.165, 1.54) is 23.9 Å². The number of nitrogens with two attached hydrogens (primary N) is 1. The number of hydrogen-bond acceptors (Lipinski definition) is 2. The summed E-state index contributed by atoms with van der Waals surface area (Å²) >= 11 is 1.25. The molecule has 2 N–H and O–H groups in total. The Bertz CT molecular complexity index is 384. The van der Waals surface area contributed by atoms with Crippen LogP contribution in [0.4, 0.5) is 8.78 Å². The van der Waals surface area contributed by atoms with Crippen LogP contribution in [-0.2, 0) is 6.42 Å². The molecule has 0 fully saturated rings. The quantitative estimate of drug-likeness (QED) is 0.753. The normalized spacial score (nSPS) is 13.0. The molecule has 0 spiro atoms. The van der Waals surface area contributed by atoms with Crippen LogP contribution in [-0.4, -0.2) is 11.8 Å². The molecule has 0 radical (unpaired) electrons. The molecule has 0 aliphatic heterocycles. The number of benzene rings is 1. The standard InChI is InChI=1S/C15H23F2NS/c1-4-12(18)7-11-8-13(16)15(14(17)9-11)19-6-5-10(2)3/h8-10,12H,4-7,18H2,1-3H3. The first kappa shape index (κ1) is 16.4. The van der Waals surface area contributed by atoms with Gasteiger partial charge in [0.05, 0.1) is 4.90 Å². The van der Waals surface area contributed by atoms with E-state index in [1.807, 2.05) is 6.92 Å². The molecule has 0 amide bonds. The Labute approximate surface area is 119 Å². The number of rotatable bonds is 7. The molecule has 0 bridgehead atoms. The fourth-order valence-corrected chi connectivity index (χ4v) is 2.90. The van der Waals surface area contributed by atoms with Crippen molar-refractivity contribution in [2.45, 2.75) is 51.0 Å². The van der Waals surface area contributed by atoms with Gasteiger partial charge in [0.25, 0.3) is 0 Å². The highest BCUT2D eigenvalue weighted by atomic mass is 32.2. The van der Waals surface area contributed by atoms with Gasteiger partial charge in [0.1, 0.15) is 11.6 Å². The molecule has 0 saturated carbocycles. The van der Waals surface area contributed by atoms with Crippen LogP contribution in [0.1, 0.15) is 39.2 Å². The fraction of sp³-hybridized carbons (Fsp3) is 0.600. The van der Waals surface area contributed by atoms with Crippen molar-refractivity contribution in [3.05, 3.63) is 29.3 Å². The SMILES string of the molecule is CCC(N)Cc1cc(F)c(SCCC(C)C)c(F)c1. The van der Waals surface area contributed by atoms with Gasteiger partial charge in [-0.15, -0.1) is 11.8 Å². The van der Waals surface area contributed by atoms with Gasteiger partial charge in [-0.2, -0.15) is 0 Å². The summed E-state index contributed by atoms with van der Waals surface area (Å²) in [6, 6.07) is 2.78. The van der Waals surface area contributed by atoms with Gasteiger partial charge < -0.3 is 5.73 Å². The molecule has 1 aromatic rings. The first-order chi connectivity index (χ1) is 8.93. The van der Waals surface area contributed by atoms with E-state index in [4.69, 9.17) is 5.73 Å². The molecule has 1 nitrogen and oxygen atoms in total. The largest absolute Gasteiger partial charge is 0.327 e. The predicted octanol–water partition coefficient (Wildman–Crippen LogP) is 4.38. The summed E-state index contributed by atoms with van der Waals surface area (Å²) in [6.07, 6.45) is 2.27. The van der Waals surface area contributed by atoms with Gasteiger partial charge in [0.2, 0.25) is 0 Å². The van der Waals surface area contributed by atoms with E-state index < -0.39 is 11.6 Å². The summed E-state index contributed by atoms with van der Waals surface area (Å²) in [5.74, 6) is 0.346. The maximum Gasteiger partial charge on any atom is 0.140 e. The molecule has 0 aliphatic carbocycles. The van der Waals surface area contributed by atoms with Crippen LogP contribution in [0, 0.1) is 17.6 Å². The van der Waals surface area contributed by atoms with Crippen molar-refractivity contribution in [2.75, 3.05) is 5.75 Å². The second-order valence-electron chi connectivity index (χ2n) is 5.29. The first-order valence-corrected chi connectivity index (χ1v) is 7.78. The molecule has 0 aromatic heterocycles. The Balaban J connectivity index is 2.74. The van der Waals surface area contributed by atoms with Gasteiger partial charge in [-0.25, -0.2) is 8.78 Å². The van der Waals surface area contributed by atoms with Crippen LogP contribution >= 0.6 is 11.8 Å². The number of halogens is 2. The topological polar surface area (TPSA) is 26.0 Å². The molecule has 4 heteroatoms. The van der Waals surface area contributed by atoms with Crippen LogP contribution in [0.3, 0.4) is 0 Å². The van der Waals surface area contributed by atoms with Gasteiger partial charge in [0.15, 0.2) is 0 Å². The lowest BCUT2D eigenvalue weighted by molar-refractivity contribution is 0.533. The Morgan fingerprint density at radius 3 is 2.26 bits per heavy atom. The summed E-state index contributed by atoms with van der Waals surface area (Å²) in [6.45, 7) is 6.17. The average Bonchev–Trinajstić information content (AvgIpc) is 2.32. The summed E-state index contributed by atoms with van der Waals surface area (Å²) in [4.78, 5) is 0.134. The zero-order chi connectivity index (χ0) is 14.4. The highest BCUT2D eigenvalue weighted by Gasteiger charge is 2.13. The second kappa shape index (κ2) is 7.85. The maximum absolute atomic E-state index is 13.9. The van der Waals surface area contributed by atoms with Crippen LogP contribution in [0.2, 0.25) is 0 Å². The smallest absolute Gasteiger partial charge is 0.140 e. The van der Waals surface area contributed by atoms with Gasteiger partial charge in [0, 0.05) is 6.04 Å². The lowest BCUT2D eigenvalue weighted by Gasteiger charge is -2.11. The minimum absolute atomic E-state index is 0.0433. The molecule has 1 unspecified atom stereocenters. The molecule has 1 aromatic carbocycles. The second-order valence-corrected chi connectivity index (χ2v) is 6.40. The zero-order valence-electron chi connectivity index (χ0n) is 11.9. The van der Waals surface area contributed by atoms with E-state index in [0.717, 1.165) is 18.6 Å². The number of thioether (sulfide) groups is 1.